The molecule has 3 N–H and O–H groups in total. The number of alkyl carbamates (subject to hydrolysis) is 1. The molecule has 0 bridgehead atoms. The lowest BCUT2D eigenvalue weighted by Crippen LogP contribution is -2.45. The van der Waals surface area contributed by atoms with E-state index >= 15 is 0 Å². The van der Waals surface area contributed by atoms with Crippen molar-refractivity contribution in [2.75, 3.05) is 18.1 Å². The average Bonchev–Trinajstić information content (AvgIpc) is 2.13. The molecule has 0 heterocycles. The maximum absolute atomic E-state index is 11.4. The Labute approximate surface area is 105 Å². The van der Waals surface area contributed by atoms with E-state index in [0.29, 0.717) is 5.75 Å². The maximum Gasteiger partial charge on any atom is 0.408 e. The Morgan fingerprint density at radius 3 is 2.41 bits per heavy atom. The van der Waals surface area contributed by atoms with E-state index in [-0.39, 0.29) is 12.4 Å². The lowest BCUT2D eigenvalue weighted by atomic mass is 10.2. The smallest absolute Gasteiger partial charge is 0.408 e. The first-order chi connectivity index (χ1) is 7.76. The van der Waals surface area contributed by atoms with E-state index in [1.807, 2.05) is 0 Å². The molecule has 1 amide bonds. The van der Waals surface area contributed by atoms with Crippen LogP contribution >= 0.6 is 11.8 Å². The predicted octanol–water partition coefficient (Wildman–Crippen LogP) is 0.690. The SMILES string of the molecule is CC(C)(C)OC(=O)NC(CSCCO)C(=O)O. The van der Waals surface area contributed by atoms with Gasteiger partial charge < -0.3 is 20.3 Å². The number of hydrogen-bond acceptors (Lipinski definition) is 5. The minimum absolute atomic E-state index is 0.0244. The molecule has 100 valence electrons. The zero-order valence-corrected chi connectivity index (χ0v) is 11.0. The van der Waals surface area contributed by atoms with Crippen LogP contribution in [-0.2, 0) is 9.53 Å². The van der Waals surface area contributed by atoms with E-state index < -0.39 is 23.7 Å². The molecule has 6 nitrogen and oxygen atoms in total. The standard InChI is InChI=1S/C10H19NO5S/c1-10(2,3)16-9(15)11-7(8(13)14)6-17-5-4-12/h7,12H,4-6H2,1-3H3,(H,11,15)(H,13,14). The number of aliphatic carboxylic acids is 1. The molecule has 0 spiro atoms. The molecular formula is C10H19NO5S. The van der Waals surface area contributed by atoms with Crippen molar-refractivity contribution in [1.29, 1.82) is 0 Å². The lowest BCUT2D eigenvalue weighted by molar-refractivity contribution is -0.138. The number of carboxylic acids is 1. The van der Waals surface area contributed by atoms with Crippen molar-refractivity contribution in [3.63, 3.8) is 0 Å². The van der Waals surface area contributed by atoms with E-state index in [2.05, 4.69) is 5.32 Å². The fraction of sp³-hybridized carbons (Fsp3) is 0.800. The summed E-state index contributed by atoms with van der Waals surface area (Å²) < 4.78 is 4.95. The van der Waals surface area contributed by atoms with Gasteiger partial charge in [0.05, 0.1) is 6.61 Å². The molecule has 1 unspecified atom stereocenters. The summed E-state index contributed by atoms with van der Waals surface area (Å²) in [7, 11) is 0. The number of amides is 1. The van der Waals surface area contributed by atoms with Gasteiger partial charge in [0.25, 0.3) is 0 Å². The Morgan fingerprint density at radius 1 is 1.41 bits per heavy atom. The van der Waals surface area contributed by atoms with Crippen LogP contribution in [0.2, 0.25) is 0 Å². The van der Waals surface area contributed by atoms with Crippen LogP contribution in [0.1, 0.15) is 20.8 Å². The minimum atomic E-state index is -1.12. The highest BCUT2D eigenvalue weighted by Crippen LogP contribution is 2.08. The summed E-state index contributed by atoms with van der Waals surface area (Å²) in [5.41, 5.74) is -0.661. The van der Waals surface area contributed by atoms with E-state index in [1.54, 1.807) is 20.8 Å². The summed E-state index contributed by atoms with van der Waals surface area (Å²) >= 11 is 1.25. The second-order valence-corrected chi connectivity index (χ2v) is 5.49. The second-order valence-electron chi connectivity index (χ2n) is 4.34. The van der Waals surface area contributed by atoms with Crippen LogP contribution in [0, 0.1) is 0 Å². The van der Waals surface area contributed by atoms with Crippen molar-refractivity contribution in [1.82, 2.24) is 5.32 Å². The molecule has 1 atom stereocenters. The number of aliphatic hydroxyl groups excluding tert-OH is 1. The largest absolute Gasteiger partial charge is 0.480 e. The van der Waals surface area contributed by atoms with Gasteiger partial charge in [-0.2, -0.15) is 11.8 Å². The first-order valence-electron chi connectivity index (χ1n) is 5.17. The maximum atomic E-state index is 11.4. The van der Waals surface area contributed by atoms with Gasteiger partial charge in [0.1, 0.15) is 11.6 Å². The van der Waals surface area contributed by atoms with Crippen LogP contribution in [0.3, 0.4) is 0 Å². The van der Waals surface area contributed by atoms with Crippen molar-refractivity contribution in [3.8, 4) is 0 Å². The van der Waals surface area contributed by atoms with Crippen LogP contribution in [0.5, 0.6) is 0 Å². The summed E-state index contributed by atoms with van der Waals surface area (Å²) in [4.78, 5) is 22.2. The Hall–Kier alpha value is -0.950. The van der Waals surface area contributed by atoms with Gasteiger partial charge in [-0.3, -0.25) is 0 Å². The summed E-state index contributed by atoms with van der Waals surface area (Å²) in [5.74, 6) is -0.504. The highest BCUT2D eigenvalue weighted by Gasteiger charge is 2.23. The molecule has 0 aliphatic rings. The average molecular weight is 265 g/mol. The van der Waals surface area contributed by atoms with Crippen LogP contribution in [0.4, 0.5) is 4.79 Å². The van der Waals surface area contributed by atoms with E-state index in [9.17, 15) is 9.59 Å². The molecule has 0 radical (unpaired) electrons. The summed E-state index contributed by atoms with van der Waals surface area (Å²) in [6.07, 6.45) is -0.755. The van der Waals surface area contributed by atoms with Gasteiger partial charge in [-0.25, -0.2) is 9.59 Å². The van der Waals surface area contributed by atoms with Gasteiger partial charge in [0.15, 0.2) is 0 Å². The van der Waals surface area contributed by atoms with Crippen molar-refractivity contribution >= 4 is 23.8 Å². The van der Waals surface area contributed by atoms with Crippen molar-refractivity contribution < 1.29 is 24.5 Å². The number of thioether (sulfide) groups is 1. The zero-order valence-electron chi connectivity index (χ0n) is 10.2. The van der Waals surface area contributed by atoms with Gasteiger partial charge >= 0.3 is 12.1 Å². The van der Waals surface area contributed by atoms with Crippen LogP contribution in [0.15, 0.2) is 0 Å². The topological polar surface area (TPSA) is 95.9 Å². The highest BCUT2D eigenvalue weighted by atomic mass is 32.2. The first kappa shape index (κ1) is 16.1. The van der Waals surface area contributed by atoms with Gasteiger partial charge in [-0.05, 0) is 20.8 Å². The van der Waals surface area contributed by atoms with Crippen LogP contribution in [-0.4, -0.2) is 52.0 Å². The number of ether oxygens (including phenoxy) is 1. The number of hydrogen-bond donors (Lipinski definition) is 3. The van der Waals surface area contributed by atoms with Gasteiger partial charge in [-0.15, -0.1) is 0 Å². The Balaban J connectivity index is 4.16. The molecule has 0 rings (SSSR count). The Bertz CT molecular complexity index is 264. The second kappa shape index (κ2) is 7.39. The number of rotatable bonds is 6. The third kappa shape index (κ3) is 8.82. The van der Waals surface area contributed by atoms with Gasteiger partial charge in [0.2, 0.25) is 0 Å². The fourth-order valence-corrected chi connectivity index (χ4v) is 1.65. The quantitative estimate of drug-likeness (QED) is 0.611. The molecule has 17 heavy (non-hydrogen) atoms. The molecule has 0 fully saturated rings. The number of carboxylic acid groups (broad SMARTS) is 1. The van der Waals surface area contributed by atoms with Gasteiger partial charge in [-0.1, -0.05) is 0 Å². The number of aliphatic hydroxyl groups is 1. The summed E-state index contributed by atoms with van der Waals surface area (Å²) in [6.45, 7) is 5.07. The number of carbonyl (C=O) groups excluding carboxylic acids is 1. The Kier molecular flexibility index (Phi) is 6.98. The predicted molar refractivity (Wildman–Crippen MR) is 65.2 cm³/mol. The zero-order chi connectivity index (χ0) is 13.5. The first-order valence-corrected chi connectivity index (χ1v) is 6.32. The van der Waals surface area contributed by atoms with Crippen molar-refractivity contribution in [3.05, 3.63) is 0 Å². The van der Waals surface area contributed by atoms with Crippen molar-refractivity contribution in [2.24, 2.45) is 0 Å². The molecule has 0 aliphatic carbocycles. The molecule has 0 aromatic carbocycles. The lowest BCUT2D eigenvalue weighted by Gasteiger charge is -2.21. The summed E-state index contributed by atoms with van der Waals surface area (Å²) in [5, 5.41) is 19.7. The molecule has 0 aliphatic heterocycles. The minimum Gasteiger partial charge on any atom is -0.480 e. The van der Waals surface area contributed by atoms with Crippen molar-refractivity contribution in [2.45, 2.75) is 32.4 Å². The molecule has 0 aromatic rings. The monoisotopic (exact) mass is 265 g/mol. The molecule has 0 saturated heterocycles. The fourth-order valence-electron chi connectivity index (χ4n) is 0.890. The van der Waals surface area contributed by atoms with E-state index in [0.717, 1.165) is 0 Å². The van der Waals surface area contributed by atoms with E-state index in [1.165, 1.54) is 11.8 Å². The Morgan fingerprint density at radius 2 is 2.00 bits per heavy atom. The van der Waals surface area contributed by atoms with Gasteiger partial charge in [0, 0.05) is 11.5 Å². The number of nitrogens with one attached hydrogen (secondary N) is 1. The molecule has 0 saturated carbocycles. The normalized spacial score (nSPS) is 12.9. The van der Waals surface area contributed by atoms with E-state index in [4.69, 9.17) is 14.9 Å². The molecule has 7 heteroatoms. The van der Waals surface area contributed by atoms with Crippen LogP contribution < -0.4 is 5.32 Å². The third-order valence-electron chi connectivity index (χ3n) is 1.51. The van der Waals surface area contributed by atoms with Crippen LogP contribution in [0.25, 0.3) is 0 Å². The molecular weight excluding hydrogens is 246 g/mol. The third-order valence-corrected chi connectivity index (χ3v) is 2.55. The highest BCUT2D eigenvalue weighted by molar-refractivity contribution is 7.99. The number of carbonyl (C=O) groups is 2. The molecule has 0 aromatic heterocycles. The summed E-state index contributed by atoms with van der Waals surface area (Å²) in [6, 6.07) is -1.01.